The molecule has 0 saturated heterocycles. The van der Waals surface area contributed by atoms with Crippen molar-refractivity contribution in [1.29, 1.82) is 0 Å². The van der Waals surface area contributed by atoms with Crippen LogP contribution in [0.1, 0.15) is 65.2 Å². The van der Waals surface area contributed by atoms with Gasteiger partial charge in [-0.15, -0.1) is 0 Å². The Morgan fingerprint density at radius 1 is 1.00 bits per heavy atom. The van der Waals surface area contributed by atoms with Crippen LogP contribution in [0, 0.1) is 11.8 Å². The topological polar surface area (TPSA) is 0 Å². The highest BCUT2D eigenvalue weighted by Crippen LogP contribution is 2.28. The van der Waals surface area contributed by atoms with E-state index in [2.05, 4.69) is 13.8 Å². The maximum Gasteiger partial charge on any atom is -0.0414 e. The third-order valence-electron chi connectivity index (χ3n) is 3.32. The van der Waals surface area contributed by atoms with Gasteiger partial charge in [0.2, 0.25) is 0 Å². The van der Waals surface area contributed by atoms with Gasteiger partial charge in [-0.2, -0.15) is 0 Å². The summed E-state index contributed by atoms with van der Waals surface area (Å²) in [6.07, 6.45) is 11.8. The zero-order chi connectivity index (χ0) is 8.81. The first-order valence-corrected chi connectivity index (χ1v) is 5.83. The molecule has 2 unspecified atom stereocenters. The van der Waals surface area contributed by atoms with E-state index in [1.807, 2.05) is 0 Å². The molecule has 1 aliphatic carbocycles. The Hall–Kier alpha value is 0. The van der Waals surface area contributed by atoms with Crippen LogP contribution in [0.5, 0.6) is 0 Å². The van der Waals surface area contributed by atoms with Crippen molar-refractivity contribution in [2.45, 2.75) is 65.2 Å². The van der Waals surface area contributed by atoms with Gasteiger partial charge in [0, 0.05) is 0 Å². The molecule has 72 valence electrons. The molecule has 0 radical (unpaired) electrons. The van der Waals surface area contributed by atoms with Gasteiger partial charge < -0.3 is 0 Å². The van der Waals surface area contributed by atoms with E-state index in [-0.39, 0.29) is 0 Å². The normalized spacial score (nSPS) is 32.5. The molecule has 0 aromatic rings. The molecule has 12 heavy (non-hydrogen) atoms. The van der Waals surface area contributed by atoms with Gasteiger partial charge in [0.25, 0.3) is 0 Å². The Labute approximate surface area is 77.7 Å². The first-order valence-electron chi connectivity index (χ1n) is 5.83. The molecule has 0 aromatic heterocycles. The predicted octanol–water partition coefficient (Wildman–Crippen LogP) is 4.39. The quantitative estimate of drug-likeness (QED) is 0.573. The molecule has 0 bridgehead atoms. The summed E-state index contributed by atoms with van der Waals surface area (Å²) < 4.78 is 0. The van der Waals surface area contributed by atoms with Gasteiger partial charge in [-0.1, -0.05) is 65.2 Å². The lowest BCUT2D eigenvalue weighted by atomic mass is 9.84. The van der Waals surface area contributed by atoms with Crippen LogP contribution in [0.15, 0.2) is 0 Å². The van der Waals surface area contributed by atoms with Crippen LogP contribution in [0.25, 0.3) is 0 Å². The van der Waals surface area contributed by atoms with Gasteiger partial charge in [-0.25, -0.2) is 0 Å². The van der Waals surface area contributed by atoms with Crippen LogP contribution in [-0.4, -0.2) is 0 Å². The molecular weight excluding hydrogens is 144 g/mol. The third-order valence-corrected chi connectivity index (χ3v) is 3.32. The van der Waals surface area contributed by atoms with Gasteiger partial charge in [0.1, 0.15) is 0 Å². The SMILES string of the molecule is CCCC1CCCCC(C)CC1. The van der Waals surface area contributed by atoms with Crippen molar-refractivity contribution in [2.24, 2.45) is 11.8 Å². The van der Waals surface area contributed by atoms with Crippen LogP contribution in [-0.2, 0) is 0 Å². The number of hydrogen-bond acceptors (Lipinski definition) is 0. The highest BCUT2D eigenvalue weighted by Gasteiger charge is 2.13. The summed E-state index contributed by atoms with van der Waals surface area (Å²) >= 11 is 0. The Morgan fingerprint density at radius 2 is 1.75 bits per heavy atom. The van der Waals surface area contributed by atoms with Crippen molar-refractivity contribution in [3.05, 3.63) is 0 Å². The van der Waals surface area contributed by atoms with E-state index in [4.69, 9.17) is 0 Å². The lowest BCUT2D eigenvalue weighted by Crippen LogP contribution is -2.07. The molecule has 1 rings (SSSR count). The van der Waals surface area contributed by atoms with E-state index in [1.165, 1.54) is 51.4 Å². The van der Waals surface area contributed by atoms with E-state index in [9.17, 15) is 0 Å². The van der Waals surface area contributed by atoms with Gasteiger partial charge in [-0.3, -0.25) is 0 Å². The van der Waals surface area contributed by atoms with Crippen LogP contribution in [0.3, 0.4) is 0 Å². The molecule has 0 heteroatoms. The first-order chi connectivity index (χ1) is 5.83. The predicted molar refractivity (Wildman–Crippen MR) is 55.3 cm³/mol. The smallest absolute Gasteiger partial charge is 0.0414 e. The molecule has 1 saturated carbocycles. The maximum absolute atomic E-state index is 2.42. The van der Waals surface area contributed by atoms with Gasteiger partial charge >= 0.3 is 0 Å². The summed E-state index contributed by atoms with van der Waals surface area (Å²) in [5.74, 6) is 2.07. The minimum absolute atomic E-state index is 1.00. The molecular formula is C12H24. The van der Waals surface area contributed by atoms with Gasteiger partial charge in [0.05, 0.1) is 0 Å². The second-order valence-electron chi connectivity index (χ2n) is 4.62. The molecule has 0 aromatic carbocycles. The summed E-state index contributed by atoms with van der Waals surface area (Å²) in [5.41, 5.74) is 0. The molecule has 0 N–H and O–H groups in total. The van der Waals surface area contributed by atoms with Crippen LogP contribution in [0.2, 0.25) is 0 Å². The summed E-state index contributed by atoms with van der Waals surface area (Å²) in [6.45, 7) is 4.75. The summed E-state index contributed by atoms with van der Waals surface area (Å²) in [4.78, 5) is 0. The fraction of sp³-hybridized carbons (Fsp3) is 1.00. The Morgan fingerprint density at radius 3 is 2.50 bits per heavy atom. The largest absolute Gasteiger partial charge is 0.0654 e. The molecule has 0 heterocycles. The third kappa shape index (κ3) is 3.60. The fourth-order valence-corrected chi connectivity index (χ4v) is 2.43. The van der Waals surface area contributed by atoms with Gasteiger partial charge in [-0.05, 0) is 11.8 Å². The first kappa shape index (κ1) is 10.1. The Bertz CT molecular complexity index is 107. The Balaban J connectivity index is 2.24. The van der Waals surface area contributed by atoms with Crippen LogP contribution in [0.4, 0.5) is 0 Å². The fourth-order valence-electron chi connectivity index (χ4n) is 2.43. The minimum Gasteiger partial charge on any atom is -0.0654 e. The highest BCUT2D eigenvalue weighted by atomic mass is 14.2. The molecule has 0 nitrogen and oxygen atoms in total. The lowest BCUT2D eigenvalue weighted by Gasteiger charge is -2.22. The van der Waals surface area contributed by atoms with E-state index >= 15 is 0 Å². The molecule has 2 atom stereocenters. The van der Waals surface area contributed by atoms with Crippen molar-refractivity contribution in [2.75, 3.05) is 0 Å². The number of hydrogen-bond donors (Lipinski definition) is 0. The van der Waals surface area contributed by atoms with E-state index in [0.717, 1.165) is 11.8 Å². The van der Waals surface area contributed by atoms with E-state index in [0.29, 0.717) is 0 Å². The number of rotatable bonds is 2. The molecule has 1 aliphatic rings. The lowest BCUT2D eigenvalue weighted by molar-refractivity contribution is 0.311. The van der Waals surface area contributed by atoms with Crippen molar-refractivity contribution >= 4 is 0 Å². The van der Waals surface area contributed by atoms with E-state index in [1.54, 1.807) is 0 Å². The monoisotopic (exact) mass is 168 g/mol. The van der Waals surface area contributed by atoms with Crippen LogP contribution < -0.4 is 0 Å². The molecule has 0 aliphatic heterocycles. The zero-order valence-electron chi connectivity index (χ0n) is 8.81. The van der Waals surface area contributed by atoms with Crippen molar-refractivity contribution in [1.82, 2.24) is 0 Å². The van der Waals surface area contributed by atoms with Crippen molar-refractivity contribution < 1.29 is 0 Å². The standard InChI is InChI=1S/C12H24/c1-3-6-12-8-5-4-7-11(2)9-10-12/h11-12H,3-10H2,1-2H3. The summed E-state index contributed by atoms with van der Waals surface area (Å²) in [6, 6.07) is 0. The van der Waals surface area contributed by atoms with Crippen molar-refractivity contribution in [3.63, 3.8) is 0 Å². The van der Waals surface area contributed by atoms with Crippen molar-refractivity contribution in [3.8, 4) is 0 Å². The average molecular weight is 168 g/mol. The maximum atomic E-state index is 2.42. The minimum atomic E-state index is 1.00. The molecule has 0 spiro atoms. The second-order valence-corrected chi connectivity index (χ2v) is 4.62. The molecule has 0 amide bonds. The average Bonchev–Trinajstić information content (AvgIpc) is 2.04. The Kier molecular flexibility index (Phi) is 4.72. The van der Waals surface area contributed by atoms with Gasteiger partial charge in [0.15, 0.2) is 0 Å². The highest BCUT2D eigenvalue weighted by molar-refractivity contribution is 4.66. The summed E-state index contributed by atoms with van der Waals surface area (Å²) in [5, 5.41) is 0. The summed E-state index contributed by atoms with van der Waals surface area (Å²) in [7, 11) is 0. The zero-order valence-corrected chi connectivity index (χ0v) is 8.81. The second kappa shape index (κ2) is 5.61. The molecule has 1 fully saturated rings. The van der Waals surface area contributed by atoms with E-state index < -0.39 is 0 Å². The van der Waals surface area contributed by atoms with Crippen LogP contribution >= 0.6 is 0 Å².